The zero-order chi connectivity index (χ0) is 22.2. The molecule has 1 aromatic rings. The van der Waals surface area contributed by atoms with Gasteiger partial charge in [0.25, 0.3) is 0 Å². The fourth-order valence-electron chi connectivity index (χ4n) is 2.32. The van der Waals surface area contributed by atoms with Crippen LogP contribution in [-0.2, 0) is 16.1 Å². The number of hydrogen-bond acceptors (Lipinski definition) is 6. The highest BCUT2D eigenvalue weighted by Gasteiger charge is 2.13. The average molecular weight is 411 g/mol. The van der Waals surface area contributed by atoms with Crippen LogP contribution in [0.25, 0.3) is 0 Å². The molecule has 0 aliphatic heterocycles. The van der Waals surface area contributed by atoms with Gasteiger partial charge in [-0.25, -0.2) is 14.4 Å². The summed E-state index contributed by atoms with van der Waals surface area (Å²) in [6.45, 7) is 3.96. The molecular weight excluding hydrogens is 378 g/mol. The second-order valence-corrected chi connectivity index (χ2v) is 6.83. The van der Waals surface area contributed by atoms with Crippen LogP contribution >= 0.6 is 0 Å². The molecule has 164 valence electrons. The van der Waals surface area contributed by atoms with Crippen LogP contribution < -0.4 is 4.74 Å². The SMILES string of the molecule is CCCCCCCCN(C)Cc1ncccc1OC(=O)N(C)C.O=C(O)C(=O)O. The summed E-state index contributed by atoms with van der Waals surface area (Å²) in [7, 11) is 5.42. The van der Waals surface area contributed by atoms with Crippen LogP contribution in [0.4, 0.5) is 4.79 Å². The molecule has 1 rings (SSSR count). The van der Waals surface area contributed by atoms with Gasteiger partial charge in [-0.05, 0) is 32.1 Å². The van der Waals surface area contributed by atoms with Crippen molar-refractivity contribution >= 4 is 18.0 Å². The number of rotatable bonds is 10. The highest BCUT2D eigenvalue weighted by molar-refractivity contribution is 6.27. The summed E-state index contributed by atoms with van der Waals surface area (Å²) in [4.78, 5) is 37.9. The van der Waals surface area contributed by atoms with Gasteiger partial charge in [0, 0.05) is 26.8 Å². The normalized spacial score (nSPS) is 10.1. The molecule has 0 saturated carbocycles. The Morgan fingerprint density at radius 2 is 1.59 bits per heavy atom. The molecule has 0 bridgehead atoms. The monoisotopic (exact) mass is 411 g/mol. The third-order valence-electron chi connectivity index (χ3n) is 3.91. The fourth-order valence-corrected chi connectivity index (χ4v) is 2.32. The first kappa shape index (κ1) is 26.3. The van der Waals surface area contributed by atoms with Crippen LogP contribution in [0.5, 0.6) is 5.75 Å². The van der Waals surface area contributed by atoms with Crippen LogP contribution in [0.2, 0.25) is 0 Å². The molecule has 0 atom stereocenters. The number of carbonyl (C=O) groups is 3. The van der Waals surface area contributed by atoms with E-state index in [-0.39, 0.29) is 6.09 Å². The van der Waals surface area contributed by atoms with Crippen molar-refractivity contribution in [1.29, 1.82) is 0 Å². The first-order chi connectivity index (χ1) is 13.7. The van der Waals surface area contributed by atoms with Crippen LogP contribution in [0.15, 0.2) is 18.3 Å². The Bertz CT molecular complexity index is 624. The minimum absolute atomic E-state index is 0.377. The predicted octanol–water partition coefficient (Wildman–Crippen LogP) is 3.09. The number of aromatic nitrogens is 1. The quantitative estimate of drug-likeness (QED) is 0.445. The van der Waals surface area contributed by atoms with Gasteiger partial charge in [-0.1, -0.05) is 39.0 Å². The average Bonchev–Trinajstić information content (AvgIpc) is 2.66. The van der Waals surface area contributed by atoms with Crippen LogP contribution in [0.1, 0.15) is 51.1 Å². The Labute approximate surface area is 172 Å². The molecule has 0 radical (unpaired) electrons. The molecule has 1 aromatic heterocycles. The number of amides is 1. The Hall–Kier alpha value is -2.68. The van der Waals surface area contributed by atoms with Crippen LogP contribution in [0.3, 0.4) is 0 Å². The second-order valence-electron chi connectivity index (χ2n) is 6.83. The third-order valence-corrected chi connectivity index (χ3v) is 3.91. The van der Waals surface area contributed by atoms with Crippen molar-refractivity contribution in [3.63, 3.8) is 0 Å². The Morgan fingerprint density at radius 1 is 1.00 bits per heavy atom. The lowest BCUT2D eigenvalue weighted by atomic mass is 10.1. The Kier molecular flexibility index (Phi) is 13.9. The first-order valence-corrected chi connectivity index (χ1v) is 9.66. The van der Waals surface area contributed by atoms with Gasteiger partial charge in [0.05, 0.1) is 5.69 Å². The van der Waals surface area contributed by atoms with Crippen molar-refractivity contribution in [2.75, 3.05) is 27.7 Å². The number of carbonyl (C=O) groups excluding carboxylic acids is 1. The smallest absolute Gasteiger partial charge is 0.414 e. The minimum Gasteiger partial charge on any atom is -0.473 e. The Morgan fingerprint density at radius 3 is 2.14 bits per heavy atom. The predicted molar refractivity (Wildman–Crippen MR) is 109 cm³/mol. The second kappa shape index (κ2) is 15.3. The van der Waals surface area contributed by atoms with Crippen molar-refractivity contribution in [3.8, 4) is 5.75 Å². The van der Waals surface area contributed by atoms with Crippen LogP contribution in [0, 0.1) is 0 Å². The van der Waals surface area contributed by atoms with Gasteiger partial charge in [-0.2, -0.15) is 0 Å². The number of ether oxygens (including phenoxy) is 1. The lowest BCUT2D eigenvalue weighted by molar-refractivity contribution is -0.159. The summed E-state index contributed by atoms with van der Waals surface area (Å²) < 4.78 is 5.38. The highest BCUT2D eigenvalue weighted by atomic mass is 16.6. The molecule has 2 N–H and O–H groups in total. The summed E-state index contributed by atoms with van der Waals surface area (Å²) in [6.07, 6.45) is 9.11. The molecule has 0 aliphatic rings. The number of aliphatic carboxylic acids is 2. The fraction of sp³-hybridized carbons (Fsp3) is 0.600. The van der Waals surface area contributed by atoms with E-state index in [0.29, 0.717) is 12.3 Å². The summed E-state index contributed by atoms with van der Waals surface area (Å²) in [5, 5.41) is 14.8. The van der Waals surface area contributed by atoms with Gasteiger partial charge >= 0.3 is 18.0 Å². The summed E-state index contributed by atoms with van der Waals surface area (Å²) in [5.41, 5.74) is 0.802. The van der Waals surface area contributed by atoms with Gasteiger partial charge in [-0.15, -0.1) is 0 Å². The lowest BCUT2D eigenvalue weighted by Crippen LogP contribution is -2.26. The van der Waals surface area contributed by atoms with Gasteiger partial charge in [-0.3, -0.25) is 4.98 Å². The van der Waals surface area contributed by atoms with E-state index in [9.17, 15) is 4.79 Å². The number of carboxylic acids is 2. The summed E-state index contributed by atoms with van der Waals surface area (Å²) in [6, 6.07) is 3.58. The maximum absolute atomic E-state index is 11.7. The molecule has 0 aliphatic carbocycles. The van der Waals surface area contributed by atoms with E-state index in [0.717, 1.165) is 12.2 Å². The van der Waals surface area contributed by atoms with E-state index >= 15 is 0 Å². The summed E-state index contributed by atoms with van der Waals surface area (Å²) in [5.74, 6) is -3.11. The lowest BCUT2D eigenvalue weighted by Gasteiger charge is -2.18. The minimum atomic E-state index is -1.82. The van der Waals surface area contributed by atoms with E-state index in [2.05, 4.69) is 23.9 Å². The van der Waals surface area contributed by atoms with Crippen molar-refractivity contribution < 1.29 is 29.3 Å². The molecule has 0 saturated heterocycles. The van der Waals surface area contributed by atoms with E-state index in [1.54, 1.807) is 32.4 Å². The molecule has 1 amide bonds. The number of unbranched alkanes of at least 4 members (excludes halogenated alkanes) is 5. The molecule has 0 fully saturated rings. The van der Waals surface area contributed by atoms with Crippen molar-refractivity contribution in [3.05, 3.63) is 24.0 Å². The maximum Gasteiger partial charge on any atom is 0.414 e. The van der Waals surface area contributed by atoms with E-state index in [4.69, 9.17) is 24.5 Å². The topological polar surface area (TPSA) is 120 Å². The summed E-state index contributed by atoms with van der Waals surface area (Å²) >= 11 is 0. The van der Waals surface area contributed by atoms with Gasteiger partial charge in [0.1, 0.15) is 0 Å². The Balaban J connectivity index is 0.00000113. The van der Waals surface area contributed by atoms with Gasteiger partial charge < -0.3 is 24.7 Å². The molecule has 1 heterocycles. The number of hydrogen-bond donors (Lipinski definition) is 2. The molecule has 0 unspecified atom stereocenters. The van der Waals surface area contributed by atoms with E-state index in [1.165, 1.54) is 43.4 Å². The molecular formula is C20H33N3O6. The zero-order valence-electron chi connectivity index (χ0n) is 17.8. The van der Waals surface area contributed by atoms with E-state index in [1.807, 2.05) is 0 Å². The van der Waals surface area contributed by atoms with Gasteiger partial charge in [0.15, 0.2) is 5.75 Å². The molecule has 9 heteroatoms. The van der Waals surface area contributed by atoms with Crippen molar-refractivity contribution in [2.24, 2.45) is 0 Å². The van der Waals surface area contributed by atoms with Gasteiger partial charge in [0.2, 0.25) is 0 Å². The first-order valence-electron chi connectivity index (χ1n) is 9.66. The molecule has 29 heavy (non-hydrogen) atoms. The zero-order valence-corrected chi connectivity index (χ0v) is 17.8. The molecule has 0 spiro atoms. The van der Waals surface area contributed by atoms with Crippen molar-refractivity contribution in [1.82, 2.24) is 14.8 Å². The number of nitrogens with zero attached hydrogens (tertiary/aromatic N) is 3. The molecule has 0 aromatic carbocycles. The van der Waals surface area contributed by atoms with Crippen molar-refractivity contribution in [2.45, 2.75) is 52.0 Å². The van der Waals surface area contributed by atoms with Crippen LogP contribution in [-0.4, -0.2) is 70.7 Å². The third kappa shape index (κ3) is 13.2. The molecule has 9 nitrogen and oxygen atoms in total. The maximum atomic E-state index is 11.7. The number of pyridine rings is 1. The largest absolute Gasteiger partial charge is 0.473 e. The standard InChI is InChI=1S/C18H31N3O2.C2H2O4/c1-5-6-7-8-9-10-14-21(4)15-16-17(12-11-13-19-16)23-18(22)20(2)3;3-1(4)2(5)6/h11-13H,5-10,14-15H2,1-4H3;(H,3,4)(H,5,6). The highest BCUT2D eigenvalue weighted by Crippen LogP contribution is 2.18. The van der Waals surface area contributed by atoms with E-state index < -0.39 is 11.9 Å². The number of carboxylic acid groups (broad SMARTS) is 2.